The maximum absolute atomic E-state index is 3.86. The second kappa shape index (κ2) is 8.05. The van der Waals surface area contributed by atoms with Crippen molar-refractivity contribution in [2.45, 2.75) is 48.0 Å². The first-order valence-corrected chi connectivity index (χ1v) is 6.24. The maximum atomic E-state index is 3.86. The van der Waals surface area contributed by atoms with Crippen molar-refractivity contribution < 1.29 is 21.1 Å². The molecule has 0 aromatic heterocycles. The Morgan fingerprint density at radius 3 is 1.50 bits per heavy atom. The molecule has 0 aliphatic heterocycles. The summed E-state index contributed by atoms with van der Waals surface area (Å²) in [6.45, 7) is 20.6. The fourth-order valence-electron chi connectivity index (χ4n) is 1.27. The second-order valence-corrected chi connectivity index (χ2v) is 7.11. The Bertz CT molecular complexity index is 303. The minimum atomic E-state index is 0. The Morgan fingerprint density at radius 1 is 0.889 bits per heavy atom. The van der Waals surface area contributed by atoms with Gasteiger partial charge >= 0.3 is 21.1 Å². The SMILES string of the molecule is [CH2-]C(C)(C)C.[CH2-]c1ccc(CC(C)(C)C)cc1.[W+2]. The third kappa shape index (κ3) is 15.8. The Morgan fingerprint density at radius 2 is 1.22 bits per heavy atom. The van der Waals surface area contributed by atoms with Gasteiger partial charge in [0.1, 0.15) is 0 Å². The van der Waals surface area contributed by atoms with Gasteiger partial charge in [0.25, 0.3) is 0 Å². The van der Waals surface area contributed by atoms with Crippen molar-refractivity contribution in [2.75, 3.05) is 0 Å². The molecule has 0 amide bonds. The van der Waals surface area contributed by atoms with Crippen LogP contribution in [-0.4, -0.2) is 0 Å². The van der Waals surface area contributed by atoms with Gasteiger partial charge in [-0.25, -0.2) is 0 Å². The van der Waals surface area contributed by atoms with Crippen LogP contribution in [0.25, 0.3) is 0 Å². The molecule has 1 aromatic carbocycles. The van der Waals surface area contributed by atoms with Crippen LogP contribution in [0.3, 0.4) is 0 Å². The zero-order valence-corrected chi connectivity index (χ0v) is 15.8. The summed E-state index contributed by atoms with van der Waals surface area (Å²) in [5.74, 6) is 0. The van der Waals surface area contributed by atoms with E-state index in [0.717, 1.165) is 12.0 Å². The smallest absolute Gasteiger partial charge is 0.338 e. The molecule has 0 atom stereocenters. The summed E-state index contributed by atoms with van der Waals surface area (Å²) < 4.78 is 0. The van der Waals surface area contributed by atoms with Gasteiger partial charge in [-0.15, -0.1) is 12.1 Å². The molecule has 0 N–H and O–H groups in total. The number of benzene rings is 1. The van der Waals surface area contributed by atoms with Crippen LogP contribution in [0, 0.1) is 24.7 Å². The molecule has 1 heteroatoms. The standard InChI is InChI=1S/C12H17.C5H11.W/c1-10-5-7-11(8-6-10)9-12(2,3)4;1-5(2,3)4;/h5-8H,1,9H2,2-4H3;1H2,2-4H3;/q2*-1;+2. The largest absolute Gasteiger partial charge is 2.00 e. The molecule has 0 nitrogen and oxygen atoms in total. The molecule has 0 radical (unpaired) electrons. The minimum absolute atomic E-state index is 0. The van der Waals surface area contributed by atoms with Crippen LogP contribution in [-0.2, 0) is 27.5 Å². The molecular weight excluding hydrogens is 388 g/mol. The van der Waals surface area contributed by atoms with Crippen LogP contribution < -0.4 is 0 Å². The molecule has 1 rings (SSSR count). The molecular formula is C17H28W. The predicted molar refractivity (Wildman–Crippen MR) is 78.9 cm³/mol. The molecule has 18 heavy (non-hydrogen) atoms. The van der Waals surface area contributed by atoms with Gasteiger partial charge in [-0.05, 0) is 11.8 Å². The molecule has 0 aliphatic rings. The van der Waals surface area contributed by atoms with E-state index in [1.165, 1.54) is 5.56 Å². The molecule has 0 heterocycles. The van der Waals surface area contributed by atoms with Crippen LogP contribution in [0.4, 0.5) is 0 Å². The van der Waals surface area contributed by atoms with E-state index in [9.17, 15) is 0 Å². The quantitative estimate of drug-likeness (QED) is 0.544. The van der Waals surface area contributed by atoms with Gasteiger partial charge < -0.3 is 6.92 Å². The number of rotatable bonds is 1. The molecule has 1 aromatic rings. The van der Waals surface area contributed by atoms with Crippen molar-refractivity contribution in [1.29, 1.82) is 0 Å². The van der Waals surface area contributed by atoms with Gasteiger partial charge in [-0.2, -0.15) is 30.0 Å². The normalized spacial score (nSPS) is 11.1. The first-order chi connectivity index (χ1) is 7.47. The third-order valence-corrected chi connectivity index (χ3v) is 1.76. The predicted octanol–water partition coefficient (Wildman–Crippen LogP) is 5.32. The van der Waals surface area contributed by atoms with Gasteiger partial charge in [-0.3, -0.25) is 0 Å². The summed E-state index contributed by atoms with van der Waals surface area (Å²) in [5, 5.41) is 0. The molecule has 0 aliphatic carbocycles. The summed E-state index contributed by atoms with van der Waals surface area (Å²) in [6, 6.07) is 8.46. The van der Waals surface area contributed by atoms with E-state index >= 15 is 0 Å². The zero-order chi connectivity index (χ0) is 13.7. The van der Waals surface area contributed by atoms with Crippen molar-refractivity contribution in [2.24, 2.45) is 10.8 Å². The fraction of sp³-hybridized carbons (Fsp3) is 0.529. The van der Waals surface area contributed by atoms with E-state index in [1.54, 1.807) is 0 Å². The maximum Gasteiger partial charge on any atom is 2.00 e. The molecule has 0 saturated heterocycles. The molecule has 0 unspecified atom stereocenters. The van der Waals surface area contributed by atoms with Gasteiger partial charge in [0, 0.05) is 0 Å². The summed E-state index contributed by atoms with van der Waals surface area (Å²) >= 11 is 0. The van der Waals surface area contributed by atoms with E-state index in [-0.39, 0.29) is 26.5 Å². The van der Waals surface area contributed by atoms with E-state index in [4.69, 9.17) is 0 Å². The van der Waals surface area contributed by atoms with Crippen molar-refractivity contribution in [3.05, 3.63) is 49.2 Å². The van der Waals surface area contributed by atoms with Crippen molar-refractivity contribution in [1.82, 2.24) is 0 Å². The van der Waals surface area contributed by atoms with Crippen molar-refractivity contribution >= 4 is 0 Å². The van der Waals surface area contributed by atoms with E-state index in [1.807, 2.05) is 0 Å². The monoisotopic (exact) mass is 416 g/mol. The number of hydrogen-bond donors (Lipinski definition) is 0. The Kier molecular flexibility index (Phi) is 8.99. The molecule has 0 spiro atoms. The Balaban J connectivity index is 0. The van der Waals surface area contributed by atoms with E-state index in [0.29, 0.717) is 5.41 Å². The van der Waals surface area contributed by atoms with Crippen molar-refractivity contribution in [3.63, 3.8) is 0 Å². The average Bonchev–Trinajstić information content (AvgIpc) is 2.03. The van der Waals surface area contributed by atoms with Crippen LogP contribution in [0.5, 0.6) is 0 Å². The van der Waals surface area contributed by atoms with Crippen molar-refractivity contribution in [3.8, 4) is 0 Å². The molecule has 0 bridgehead atoms. The first-order valence-electron chi connectivity index (χ1n) is 6.24. The van der Waals surface area contributed by atoms with Crippen LogP contribution in [0.15, 0.2) is 24.3 Å². The minimum Gasteiger partial charge on any atom is -0.338 e. The fourth-order valence-corrected chi connectivity index (χ4v) is 1.27. The third-order valence-electron chi connectivity index (χ3n) is 1.76. The van der Waals surface area contributed by atoms with Gasteiger partial charge in [0.15, 0.2) is 0 Å². The summed E-state index contributed by atoms with van der Waals surface area (Å²) in [5.41, 5.74) is 3.12. The van der Waals surface area contributed by atoms with Crippen LogP contribution >= 0.6 is 0 Å². The zero-order valence-electron chi connectivity index (χ0n) is 12.8. The van der Waals surface area contributed by atoms with Crippen LogP contribution in [0.1, 0.15) is 52.7 Å². The molecule has 0 fully saturated rings. The van der Waals surface area contributed by atoms with Gasteiger partial charge in [0.05, 0.1) is 0 Å². The Labute approximate surface area is 129 Å². The average molecular weight is 416 g/mol. The number of hydrogen-bond acceptors (Lipinski definition) is 0. The van der Waals surface area contributed by atoms with E-state index in [2.05, 4.69) is 79.7 Å². The Hall–Kier alpha value is -0.222. The summed E-state index contributed by atoms with van der Waals surface area (Å²) in [4.78, 5) is 0. The summed E-state index contributed by atoms with van der Waals surface area (Å²) in [6.07, 6.45) is 1.13. The topological polar surface area (TPSA) is 0 Å². The second-order valence-electron chi connectivity index (χ2n) is 7.11. The summed E-state index contributed by atoms with van der Waals surface area (Å²) in [7, 11) is 0. The first kappa shape index (κ1) is 20.1. The molecule has 0 saturated carbocycles. The van der Waals surface area contributed by atoms with Gasteiger partial charge in [0.2, 0.25) is 0 Å². The van der Waals surface area contributed by atoms with Gasteiger partial charge in [-0.1, -0.05) is 47.1 Å². The van der Waals surface area contributed by atoms with Crippen LogP contribution in [0.2, 0.25) is 0 Å². The van der Waals surface area contributed by atoms with E-state index < -0.39 is 0 Å². The molecule has 102 valence electrons.